The lowest BCUT2D eigenvalue weighted by molar-refractivity contribution is -0.143. The van der Waals surface area contributed by atoms with Crippen molar-refractivity contribution in [3.05, 3.63) is 33.8 Å². The summed E-state index contributed by atoms with van der Waals surface area (Å²) in [6.45, 7) is 2.38. The zero-order chi connectivity index (χ0) is 13.1. The second-order valence-corrected chi connectivity index (χ2v) is 5.54. The van der Waals surface area contributed by atoms with E-state index < -0.39 is 5.97 Å². The van der Waals surface area contributed by atoms with Gasteiger partial charge in [0.15, 0.2) is 0 Å². The van der Waals surface area contributed by atoms with Crippen LogP contribution in [0.25, 0.3) is 0 Å². The summed E-state index contributed by atoms with van der Waals surface area (Å²) in [6.07, 6.45) is 1.42. The molecule has 0 unspecified atom stereocenters. The number of aliphatic carboxylic acids is 1. The van der Waals surface area contributed by atoms with E-state index in [9.17, 15) is 4.79 Å². The first-order chi connectivity index (χ1) is 8.54. The van der Waals surface area contributed by atoms with Crippen LogP contribution in [0.3, 0.4) is 0 Å². The highest BCUT2D eigenvalue weighted by Crippen LogP contribution is 2.23. The summed E-state index contributed by atoms with van der Waals surface area (Å²) < 4.78 is 0. The number of hydrogen-bond donors (Lipinski definition) is 1. The molecular weight excluding hydrogens is 273 g/mol. The first-order valence-electron chi connectivity index (χ1n) is 5.95. The predicted molar refractivity (Wildman–Crippen MR) is 72.1 cm³/mol. The molecule has 1 aliphatic heterocycles. The van der Waals surface area contributed by atoms with E-state index in [2.05, 4.69) is 4.90 Å². The molecule has 1 heterocycles. The van der Waals surface area contributed by atoms with Gasteiger partial charge >= 0.3 is 5.97 Å². The van der Waals surface area contributed by atoms with Crippen LogP contribution < -0.4 is 0 Å². The predicted octanol–water partition coefficient (Wildman–Crippen LogP) is 3.29. The molecule has 1 aromatic carbocycles. The molecule has 18 heavy (non-hydrogen) atoms. The number of nitrogens with zero attached hydrogens (tertiary/aromatic N) is 1. The van der Waals surface area contributed by atoms with Gasteiger partial charge in [-0.15, -0.1) is 0 Å². The Labute approximate surface area is 116 Å². The molecule has 2 rings (SSSR count). The van der Waals surface area contributed by atoms with Gasteiger partial charge in [-0.25, -0.2) is 0 Å². The Bertz CT molecular complexity index is 422. The monoisotopic (exact) mass is 287 g/mol. The summed E-state index contributed by atoms with van der Waals surface area (Å²) in [5, 5.41) is 10.2. The molecule has 1 aliphatic rings. The summed E-state index contributed by atoms with van der Waals surface area (Å²) >= 11 is 11.9. The fraction of sp³-hybridized carbons (Fsp3) is 0.462. The van der Waals surface area contributed by atoms with Gasteiger partial charge in [-0.1, -0.05) is 23.2 Å². The zero-order valence-corrected chi connectivity index (χ0v) is 11.4. The Morgan fingerprint density at radius 3 is 2.28 bits per heavy atom. The Morgan fingerprint density at radius 1 is 1.22 bits per heavy atom. The molecule has 98 valence electrons. The number of carboxylic acid groups (broad SMARTS) is 1. The summed E-state index contributed by atoms with van der Waals surface area (Å²) in [4.78, 5) is 13.1. The lowest BCUT2D eigenvalue weighted by Gasteiger charge is -2.30. The maximum absolute atomic E-state index is 10.9. The summed E-state index contributed by atoms with van der Waals surface area (Å²) in [6, 6.07) is 5.51. The van der Waals surface area contributed by atoms with Crippen LogP contribution in [0.5, 0.6) is 0 Å². The highest BCUT2D eigenvalue weighted by molar-refractivity contribution is 6.34. The van der Waals surface area contributed by atoms with Crippen LogP contribution in [0.4, 0.5) is 0 Å². The van der Waals surface area contributed by atoms with Crippen molar-refractivity contribution in [2.24, 2.45) is 5.92 Å². The second kappa shape index (κ2) is 5.91. The number of likely N-dealkylation sites (tertiary alicyclic amines) is 1. The Hall–Kier alpha value is -0.770. The normalized spacial score (nSPS) is 17.9. The number of benzene rings is 1. The average Bonchev–Trinajstić information content (AvgIpc) is 2.28. The zero-order valence-electron chi connectivity index (χ0n) is 9.90. The van der Waals surface area contributed by atoms with Gasteiger partial charge in [0.05, 0.1) is 5.92 Å². The van der Waals surface area contributed by atoms with Gasteiger partial charge < -0.3 is 5.11 Å². The van der Waals surface area contributed by atoms with Crippen molar-refractivity contribution in [3.8, 4) is 0 Å². The van der Waals surface area contributed by atoms with E-state index >= 15 is 0 Å². The molecule has 1 saturated heterocycles. The van der Waals surface area contributed by atoms with Crippen LogP contribution in [-0.4, -0.2) is 29.1 Å². The number of carboxylic acids is 1. The molecular formula is C13H15Cl2NO2. The molecule has 0 radical (unpaired) electrons. The minimum absolute atomic E-state index is 0.191. The molecule has 1 fully saturated rings. The van der Waals surface area contributed by atoms with E-state index in [4.69, 9.17) is 28.3 Å². The first kappa shape index (κ1) is 13.7. The number of halogens is 2. The summed E-state index contributed by atoms with van der Waals surface area (Å²) in [7, 11) is 0. The van der Waals surface area contributed by atoms with Crippen LogP contribution >= 0.6 is 23.2 Å². The van der Waals surface area contributed by atoms with Crippen molar-refractivity contribution >= 4 is 29.2 Å². The maximum atomic E-state index is 10.9. The first-order valence-corrected chi connectivity index (χ1v) is 6.70. The molecule has 0 atom stereocenters. The van der Waals surface area contributed by atoms with Gasteiger partial charge in [0.2, 0.25) is 0 Å². The van der Waals surface area contributed by atoms with E-state index in [0.717, 1.165) is 25.2 Å². The number of hydrogen-bond acceptors (Lipinski definition) is 2. The fourth-order valence-corrected chi connectivity index (χ4v) is 2.87. The van der Waals surface area contributed by atoms with E-state index in [1.54, 1.807) is 6.07 Å². The van der Waals surface area contributed by atoms with Crippen molar-refractivity contribution in [1.29, 1.82) is 0 Å². The van der Waals surface area contributed by atoms with Crippen LogP contribution in [0, 0.1) is 5.92 Å². The van der Waals surface area contributed by atoms with Crippen molar-refractivity contribution in [2.75, 3.05) is 13.1 Å². The average molecular weight is 288 g/mol. The summed E-state index contributed by atoms with van der Waals surface area (Å²) in [5.41, 5.74) is 1.07. The highest BCUT2D eigenvalue weighted by Gasteiger charge is 2.24. The van der Waals surface area contributed by atoms with Crippen molar-refractivity contribution in [2.45, 2.75) is 19.4 Å². The fourth-order valence-electron chi connectivity index (χ4n) is 2.30. The molecule has 0 aromatic heterocycles. The lowest BCUT2D eigenvalue weighted by atomic mass is 9.97. The SMILES string of the molecule is O=C(O)C1CCN(Cc2cc(Cl)cc(Cl)c2)CC1. The minimum atomic E-state index is -0.680. The van der Waals surface area contributed by atoms with Gasteiger partial charge in [-0.3, -0.25) is 9.69 Å². The van der Waals surface area contributed by atoms with Crippen LogP contribution in [-0.2, 0) is 11.3 Å². The van der Waals surface area contributed by atoms with Crippen molar-refractivity contribution < 1.29 is 9.90 Å². The number of rotatable bonds is 3. The van der Waals surface area contributed by atoms with Gasteiger partial charge in [0.25, 0.3) is 0 Å². The Morgan fingerprint density at radius 2 is 1.78 bits per heavy atom. The molecule has 0 spiro atoms. The molecule has 0 amide bonds. The Kier molecular flexibility index (Phi) is 4.49. The largest absolute Gasteiger partial charge is 0.481 e. The lowest BCUT2D eigenvalue weighted by Crippen LogP contribution is -2.35. The maximum Gasteiger partial charge on any atom is 0.306 e. The number of carbonyl (C=O) groups is 1. The molecule has 5 heteroatoms. The third-order valence-corrected chi connectivity index (χ3v) is 3.70. The van der Waals surface area contributed by atoms with Crippen molar-refractivity contribution in [3.63, 3.8) is 0 Å². The molecule has 0 saturated carbocycles. The minimum Gasteiger partial charge on any atom is -0.481 e. The number of piperidine rings is 1. The van der Waals surface area contributed by atoms with Gasteiger partial charge in [0, 0.05) is 16.6 Å². The van der Waals surface area contributed by atoms with E-state index in [1.807, 2.05) is 12.1 Å². The topological polar surface area (TPSA) is 40.5 Å². The molecule has 3 nitrogen and oxygen atoms in total. The standard InChI is InChI=1S/C13H15Cl2NO2/c14-11-5-9(6-12(15)7-11)8-16-3-1-10(2-4-16)13(17)18/h5-7,10H,1-4,8H2,(H,17,18). The van der Waals surface area contributed by atoms with Crippen LogP contribution in [0.15, 0.2) is 18.2 Å². The molecule has 0 bridgehead atoms. The molecule has 0 aliphatic carbocycles. The van der Waals surface area contributed by atoms with E-state index in [0.29, 0.717) is 22.9 Å². The molecule has 1 N–H and O–H groups in total. The van der Waals surface area contributed by atoms with E-state index in [-0.39, 0.29) is 5.92 Å². The smallest absolute Gasteiger partial charge is 0.306 e. The van der Waals surface area contributed by atoms with Gasteiger partial charge in [-0.2, -0.15) is 0 Å². The third-order valence-electron chi connectivity index (χ3n) is 3.27. The molecule has 1 aromatic rings. The van der Waals surface area contributed by atoms with Crippen LogP contribution in [0.1, 0.15) is 18.4 Å². The van der Waals surface area contributed by atoms with Gasteiger partial charge in [0.1, 0.15) is 0 Å². The quantitative estimate of drug-likeness (QED) is 0.927. The van der Waals surface area contributed by atoms with Crippen LogP contribution in [0.2, 0.25) is 10.0 Å². The highest BCUT2D eigenvalue weighted by atomic mass is 35.5. The van der Waals surface area contributed by atoms with Crippen molar-refractivity contribution in [1.82, 2.24) is 4.90 Å². The summed E-state index contributed by atoms with van der Waals surface area (Å²) in [5.74, 6) is -0.871. The van der Waals surface area contributed by atoms with E-state index in [1.165, 1.54) is 0 Å². The third kappa shape index (κ3) is 3.61. The van der Waals surface area contributed by atoms with Gasteiger partial charge in [-0.05, 0) is 49.7 Å². The second-order valence-electron chi connectivity index (χ2n) is 4.67. The Balaban J connectivity index is 1.93.